The van der Waals surface area contributed by atoms with Crippen molar-refractivity contribution < 1.29 is 17.6 Å². The average molecular weight is 328 g/mol. The summed E-state index contributed by atoms with van der Waals surface area (Å²) < 4.78 is 36.1. The van der Waals surface area contributed by atoms with Crippen LogP contribution in [-0.4, -0.2) is 14.3 Å². The summed E-state index contributed by atoms with van der Waals surface area (Å²) in [6.45, 7) is 1.96. The number of amides is 1. The minimum atomic E-state index is -3.96. The summed E-state index contributed by atoms with van der Waals surface area (Å²) in [4.78, 5) is 13.2. The molecule has 0 saturated heterocycles. The Kier molecular flexibility index (Phi) is 4.40. The lowest BCUT2D eigenvalue weighted by Gasteiger charge is -2.07. The normalized spacial score (nSPS) is 11.4. The third-order valence-corrected chi connectivity index (χ3v) is 4.89. The molecule has 21 heavy (non-hydrogen) atoms. The molecule has 2 aromatic rings. The first-order valence-electron chi connectivity index (χ1n) is 6.03. The third kappa shape index (κ3) is 3.66. The summed E-state index contributed by atoms with van der Waals surface area (Å²) in [7, 11) is -3.96. The van der Waals surface area contributed by atoms with Crippen LogP contribution in [0.2, 0.25) is 0 Å². The van der Waals surface area contributed by atoms with Gasteiger partial charge in [-0.1, -0.05) is 6.92 Å². The van der Waals surface area contributed by atoms with Crippen LogP contribution in [0.4, 0.5) is 10.1 Å². The van der Waals surface area contributed by atoms with E-state index in [2.05, 4.69) is 5.32 Å². The fourth-order valence-electron chi connectivity index (χ4n) is 1.65. The van der Waals surface area contributed by atoms with Gasteiger partial charge in [-0.05, 0) is 36.8 Å². The van der Waals surface area contributed by atoms with Gasteiger partial charge in [0.15, 0.2) is 0 Å². The van der Waals surface area contributed by atoms with Gasteiger partial charge in [0.25, 0.3) is 5.91 Å². The van der Waals surface area contributed by atoms with Crippen LogP contribution >= 0.6 is 11.3 Å². The molecule has 0 saturated carbocycles. The summed E-state index contributed by atoms with van der Waals surface area (Å²) in [5.41, 5.74) is -0.224. The number of hydrogen-bond donors (Lipinski definition) is 2. The second-order valence-electron chi connectivity index (χ2n) is 4.26. The molecule has 0 radical (unpaired) electrons. The van der Waals surface area contributed by atoms with E-state index in [1.165, 1.54) is 11.3 Å². The maximum absolute atomic E-state index is 13.7. The van der Waals surface area contributed by atoms with Gasteiger partial charge in [-0.3, -0.25) is 4.79 Å². The van der Waals surface area contributed by atoms with Crippen LogP contribution in [0.5, 0.6) is 0 Å². The van der Waals surface area contributed by atoms with Crippen LogP contribution in [0.15, 0.2) is 35.2 Å². The molecular formula is C13H13FN2O3S2. The number of carbonyl (C=O) groups is 1. The first-order chi connectivity index (χ1) is 9.81. The molecule has 3 N–H and O–H groups in total. The van der Waals surface area contributed by atoms with Gasteiger partial charge in [0, 0.05) is 4.88 Å². The van der Waals surface area contributed by atoms with Crippen LogP contribution in [-0.2, 0) is 16.4 Å². The smallest absolute Gasteiger partial charge is 0.265 e. The Morgan fingerprint density at radius 2 is 2.05 bits per heavy atom. The molecule has 8 heteroatoms. The zero-order valence-corrected chi connectivity index (χ0v) is 12.7. The second kappa shape index (κ2) is 5.92. The predicted octanol–water partition coefficient (Wildman–Crippen LogP) is 2.35. The third-order valence-electron chi connectivity index (χ3n) is 2.75. The number of benzene rings is 1. The fourth-order valence-corrected chi connectivity index (χ4v) is 3.03. The van der Waals surface area contributed by atoms with E-state index >= 15 is 0 Å². The first-order valence-corrected chi connectivity index (χ1v) is 8.40. The van der Waals surface area contributed by atoms with Gasteiger partial charge < -0.3 is 5.32 Å². The van der Waals surface area contributed by atoms with E-state index in [0.29, 0.717) is 4.88 Å². The van der Waals surface area contributed by atoms with E-state index in [9.17, 15) is 17.6 Å². The molecule has 0 aliphatic heterocycles. The van der Waals surface area contributed by atoms with E-state index in [1.54, 1.807) is 6.07 Å². The molecule has 1 aromatic heterocycles. The van der Waals surface area contributed by atoms with Gasteiger partial charge in [0.05, 0.1) is 15.5 Å². The average Bonchev–Trinajstić information content (AvgIpc) is 2.88. The number of nitrogens with one attached hydrogen (secondary N) is 1. The number of rotatable bonds is 4. The summed E-state index contributed by atoms with van der Waals surface area (Å²) in [6, 6.07) is 6.44. The highest BCUT2D eigenvalue weighted by Crippen LogP contribution is 2.22. The molecule has 0 aliphatic rings. The SMILES string of the molecule is CCc1ccc(C(=O)Nc2cc(S(N)(=O)=O)ccc2F)s1. The van der Waals surface area contributed by atoms with Gasteiger partial charge in [-0.15, -0.1) is 11.3 Å². The molecule has 0 fully saturated rings. The van der Waals surface area contributed by atoms with Gasteiger partial charge in [-0.25, -0.2) is 17.9 Å². The molecule has 5 nitrogen and oxygen atoms in total. The maximum Gasteiger partial charge on any atom is 0.265 e. The Balaban J connectivity index is 2.28. The molecule has 0 bridgehead atoms. The van der Waals surface area contributed by atoms with E-state index in [4.69, 9.17) is 5.14 Å². The molecule has 1 aromatic carbocycles. The Bertz CT molecular complexity index is 784. The van der Waals surface area contributed by atoms with Crippen molar-refractivity contribution in [1.29, 1.82) is 0 Å². The van der Waals surface area contributed by atoms with Crippen LogP contribution in [0.1, 0.15) is 21.5 Å². The molecular weight excluding hydrogens is 315 g/mol. The summed E-state index contributed by atoms with van der Waals surface area (Å²) in [5, 5.41) is 7.33. The topological polar surface area (TPSA) is 89.3 Å². The van der Waals surface area contributed by atoms with E-state index in [1.807, 2.05) is 13.0 Å². The zero-order chi connectivity index (χ0) is 15.6. The number of thiophene rings is 1. The summed E-state index contributed by atoms with van der Waals surface area (Å²) >= 11 is 1.30. The molecule has 0 aliphatic carbocycles. The van der Waals surface area contributed by atoms with E-state index < -0.39 is 21.7 Å². The standard InChI is InChI=1S/C13H13FN2O3S2/c1-2-8-3-6-12(20-8)13(17)16-11-7-9(21(15,18)19)4-5-10(11)14/h3-7H,2H2,1H3,(H,16,17)(H2,15,18,19). The van der Waals surface area contributed by atoms with Crippen molar-refractivity contribution in [3.63, 3.8) is 0 Å². The monoisotopic (exact) mass is 328 g/mol. The van der Waals surface area contributed by atoms with Crippen LogP contribution < -0.4 is 10.5 Å². The predicted molar refractivity (Wildman–Crippen MR) is 79.4 cm³/mol. The van der Waals surface area contributed by atoms with Crippen molar-refractivity contribution in [3.05, 3.63) is 45.9 Å². The molecule has 2 rings (SSSR count). The van der Waals surface area contributed by atoms with Gasteiger partial charge in [-0.2, -0.15) is 0 Å². The highest BCUT2D eigenvalue weighted by molar-refractivity contribution is 7.89. The van der Waals surface area contributed by atoms with Crippen molar-refractivity contribution in [2.75, 3.05) is 5.32 Å². The van der Waals surface area contributed by atoms with Crippen LogP contribution in [0, 0.1) is 5.82 Å². The molecule has 0 spiro atoms. The number of carbonyl (C=O) groups excluding carboxylic acids is 1. The number of anilines is 1. The molecule has 1 amide bonds. The molecule has 0 unspecified atom stereocenters. The van der Waals surface area contributed by atoms with Crippen LogP contribution in [0.3, 0.4) is 0 Å². The summed E-state index contributed by atoms with van der Waals surface area (Å²) in [5.74, 6) is -1.23. The van der Waals surface area contributed by atoms with Crippen molar-refractivity contribution in [1.82, 2.24) is 0 Å². The Morgan fingerprint density at radius 1 is 1.33 bits per heavy atom. The van der Waals surface area contributed by atoms with Crippen molar-refractivity contribution >= 4 is 33.0 Å². The second-order valence-corrected chi connectivity index (χ2v) is 6.99. The first kappa shape index (κ1) is 15.6. The largest absolute Gasteiger partial charge is 0.319 e. The Labute approximate surface area is 125 Å². The number of nitrogens with two attached hydrogens (primary N) is 1. The Morgan fingerprint density at radius 3 is 2.62 bits per heavy atom. The minimum absolute atomic E-state index is 0.224. The molecule has 112 valence electrons. The number of hydrogen-bond acceptors (Lipinski definition) is 4. The van der Waals surface area contributed by atoms with Gasteiger partial charge in [0.2, 0.25) is 10.0 Å². The van der Waals surface area contributed by atoms with Crippen LogP contribution in [0.25, 0.3) is 0 Å². The van der Waals surface area contributed by atoms with Crippen molar-refractivity contribution in [2.24, 2.45) is 5.14 Å². The quantitative estimate of drug-likeness (QED) is 0.903. The lowest BCUT2D eigenvalue weighted by molar-refractivity contribution is 0.103. The zero-order valence-electron chi connectivity index (χ0n) is 11.1. The van der Waals surface area contributed by atoms with Gasteiger partial charge >= 0.3 is 0 Å². The molecule has 0 atom stereocenters. The van der Waals surface area contributed by atoms with Gasteiger partial charge in [0.1, 0.15) is 5.82 Å². The maximum atomic E-state index is 13.7. The Hall–Kier alpha value is -1.77. The van der Waals surface area contributed by atoms with E-state index in [0.717, 1.165) is 29.5 Å². The number of aryl methyl sites for hydroxylation is 1. The highest BCUT2D eigenvalue weighted by atomic mass is 32.2. The fraction of sp³-hybridized carbons (Fsp3) is 0.154. The lowest BCUT2D eigenvalue weighted by Crippen LogP contribution is -2.15. The minimum Gasteiger partial charge on any atom is -0.319 e. The molecule has 1 heterocycles. The number of primary sulfonamides is 1. The van der Waals surface area contributed by atoms with Crippen molar-refractivity contribution in [3.8, 4) is 0 Å². The number of sulfonamides is 1. The van der Waals surface area contributed by atoms with Crippen molar-refractivity contribution in [2.45, 2.75) is 18.2 Å². The highest BCUT2D eigenvalue weighted by Gasteiger charge is 2.15. The lowest BCUT2D eigenvalue weighted by atomic mass is 10.3. The number of halogens is 1. The summed E-state index contributed by atoms with van der Waals surface area (Å²) in [6.07, 6.45) is 0.799. The van der Waals surface area contributed by atoms with E-state index in [-0.39, 0.29) is 10.6 Å².